The molecule has 30 heavy (non-hydrogen) atoms. The first-order chi connectivity index (χ1) is 14.6. The van der Waals surface area contributed by atoms with Gasteiger partial charge in [0.1, 0.15) is 11.4 Å². The molecule has 1 aromatic heterocycles. The number of carbonyl (C=O) groups excluding carboxylic acids is 1. The number of hydrogen-bond acceptors (Lipinski definition) is 5. The zero-order valence-electron chi connectivity index (χ0n) is 17.4. The summed E-state index contributed by atoms with van der Waals surface area (Å²) in [7, 11) is 3.42. The summed E-state index contributed by atoms with van der Waals surface area (Å²) in [5, 5.41) is 0. The van der Waals surface area contributed by atoms with Crippen LogP contribution in [0.25, 0.3) is 11.0 Å². The van der Waals surface area contributed by atoms with E-state index < -0.39 is 0 Å². The smallest absolute Gasteiger partial charge is 0.272 e. The fourth-order valence-electron chi connectivity index (χ4n) is 3.97. The molecule has 0 atom stereocenters. The summed E-state index contributed by atoms with van der Waals surface area (Å²) in [5.41, 5.74) is 2.92. The van der Waals surface area contributed by atoms with Crippen LogP contribution < -0.4 is 15.2 Å². The summed E-state index contributed by atoms with van der Waals surface area (Å²) in [5.74, 6) is 0.905. The number of aryl methyl sites for hydroxylation is 2. The predicted molar refractivity (Wildman–Crippen MR) is 117 cm³/mol. The van der Waals surface area contributed by atoms with E-state index in [-0.39, 0.29) is 17.9 Å². The molecular weight excluding hydrogens is 380 g/mol. The van der Waals surface area contributed by atoms with Gasteiger partial charge in [0.05, 0.1) is 23.8 Å². The lowest BCUT2D eigenvalue weighted by molar-refractivity contribution is -0.131. The SMILES string of the molecule is COc1ccccc1N1CCN(C(=O)CCc2nc3ccccc3n(C)c2=O)CC1. The van der Waals surface area contributed by atoms with E-state index in [1.54, 1.807) is 18.7 Å². The lowest BCUT2D eigenvalue weighted by atomic mass is 10.1. The molecule has 1 aliphatic heterocycles. The van der Waals surface area contributed by atoms with Gasteiger partial charge in [-0.2, -0.15) is 0 Å². The number of fused-ring (bicyclic) bond motifs is 1. The lowest BCUT2D eigenvalue weighted by Gasteiger charge is -2.36. The number of piperazine rings is 1. The highest BCUT2D eigenvalue weighted by molar-refractivity contribution is 5.77. The predicted octanol–water partition coefficient (Wildman–Crippen LogP) is 2.22. The first kappa shape index (κ1) is 19.9. The van der Waals surface area contributed by atoms with Crippen molar-refractivity contribution in [2.24, 2.45) is 7.05 Å². The van der Waals surface area contributed by atoms with Gasteiger partial charge in [-0.15, -0.1) is 0 Å². The summed E-state index contributed by atoms with van der Waals surface area (Å²) in [4.78, 5) is 33.9. The largest absolute Gasteiger partial charge is 0.495 e. The second-order valence-electron chi connectivity index (χ2n) is 7.45. The average molecular weight is 406 g/mol. The van der Waals surface area contributed by atoms with Crippen molar-refractivity contribution in [1.82, 2.24) is 14.5 Å². The molecule has 7 nitrogen and oxygen atoms in total. The maximum Gasteiger partial charge on any atom is 0.272 e. The second kappa shape index (κ2) is 8.57. The van der Waals surface area contributed by atoms with E-state index in [1.807, 2.05) is 53.4 Å². The van der Waals surface area contributed by atoms with Crippen molar-refractivity contribution in [2.75, 3.05) is 38.2 Å². The minimum Gasteiger partial charge on any atom is -0.495 e. The van der Waals surface area contributed by atoms with E-state index in [0.717, 1.165) is 35.6 Å². The van der Waals surface area contributed by atoms with Crippen LogP contribution in [-0.2, 0) is 18.3 Å². The zero-order chi connectivity index (χ0) is 21.1. The first-order valence-corrected chi connectivity index (χ1v) is 10.2. The first-order valence-electron chi connectivity index (χ1n) is 10.2. The third-order valence-electron chi connectivity index (χ3n) is 5.68. The third-order valence-corrected chi connectivity index (χ3v) is 5.68. The van der Waals surface area contributed by atoms with Gasteiger partial charge in [-0.05, 0) is 24.3 Å². The molecular formula is C23H26N4O3. The number of para-hydroxylation sites is 4. The standard InChI is InChI=1S/C23H26N4O3/c1-25-19-8-4-3-7-17(19)24-18(23(25)29)11-12-22(28)27-15-13-26(14-16-27)20-9-5-6-10-21(20)30-2/h3-10H,11-16H2,1-2H3. The Morgan fingerprint density at radius 3 is 2.50 bits per heavy atom. The number of benzene rings is 2. The van der Waals surface area contributed by atoms with Gasteiger partial charge in [-0.1, -0.05) is 24.3 Å². The summed E-state index contributed by atoms with van der Waals surface area (Å²) in [6, 6.07) is 15.5. The van der Waals surface area contributed by atoms with Gasteiger partial charge < -0.3 is 19.1 Å². The molecule has 0 bridgehead atoms. The molecule has 0 saturated carbocycles. The highest BCUT2D eigenvalue weighted by Crippen LogP contribution is 2.28. The Balaban J connectivity index is 1.38. The van der Waals surface area contributed by atoms with Crippen LogP contribution in [0, 0.1) is 0 Å². The Bertz CT molecular complexity index is 1120. The van der Waals surface area contributed by atoms with Crippen LogP contribution in [0.15, 0.2) is 53.3 Å². The van der Waals surface area contributed by atoms with Crippen LogP contribution in [0.5, 0.6) is 5.75 Å². The van der Waals surface area contributed by atoms with Crippen LogP contribution in [0.1, 0.15) is 12.1 Å². The molecule has 1 amide bonds. The van der Waals surface area contributed by atoms with Gasteiger partial charge in [0.25, 0.3) is 5.56 Å². The number of methoxy groups -OCH3 is 1. The number of amides is 1. The quantitative estimate of drug-likeness (QED) is 0.650. The molecule has 4 rings (SSSR count). The Morgan fingerprint density at radius 1 is 1.03 bits per heavy atom. The van der Waals surface area contributed by atoms with Gasteiger partial charge in [0.2, 0.25) is 5.91 Å². The topological polar surface area (TPSA) is 67.7 Å². The molecule has 0 spiro atoms. The molecule has 7 heteroatoms. The Morgan fingerprint density at radius 2 is 1.73 bits per heavy atom. The number of aromatic nitrogens is 2. The molecule has 1 fully saturated rings. The monoisotopic (exact) mass is 406 g/mol. The fraction of sp³-hybridized carbons (Fsp3) is 0.348. The highest BCUT2D eigenvalue weighted by atomic mass is 16.5. The van der Waals surface area contributed by atoms with Crippen LogP contribution in [0.2, 0.25) is 0 Å². The van der Waals surface area contributed by atoms with Crippen LogP contribution >= 0.6 is 0 Å². The van der Waals surface area contributed by atoms with Crippen molar-refractivity contribution in [3.05, 3.63) is 64.6 Å². The number of nitrogens with zero attached hydrogens (tertiary/aromatic N) is 4. The van der Waals surface area contributed by atoms with Crippen LogP contribution in [-0.4, -0.2) is 53.6 Å². The number of rotatable bonds is 5. The van der Waals surface area contributed by atoms with Crippen LogP contribution in [0.3, 0.4) is 0 Å². The fourth-order valence-corrected chi connectivity index (χ4v) is 3.97. The molecule has 1 saturated heterocycles. The lowest BCUT2D eigenvalue weighted by Crippen LogP contribution is -2.49. The normalized spacial score (nSPS) is 14.2. The van der Waals surface area contributed by atoms with Gasteiger partial charge in [0.15, 0.2) is 0 Å². The van der Waals surface area contributed by atoms with Crippen molar-refractivity contribution >= 4 is 22.6 Å². The summed E-state index contributed by atoms with van der Waals surface area (Å²) >= 11 is 0. The Labute approximate surface area is 175 Å². The van der Waals surface area contributed by atoms with E-state index in [9.17, 15) is 9.59 Å². The summed E-state index contributed by atoms with van der Waals surface area (Å²) in [6.07, 6.45) is 0.637. The van der Waals surface area contributed by atoms with Gasteiger partial charge in [-0.3, -0.25) is 9.59 Å². The summed E-state index contributed by atoms with van der Waals surface area (Å²) in [6.45, 7) is 2.81. The Hall–Kier alpha value is -3.35. The molecule has 0 aliphatic carbocycles. The van der Waals surface area contributed by atoms with Crippen LogP contribution in [0.4, 0.5) is 5.69 Å². The summed E-state index contributed by atoms with van der Waals surface area (Å²) < 4.78 is 7.06. The van der Waals surface area contributed by atoms with Crippen molar-refractivity contribution in [3.8, 4) is 5.75 Å². The molecule has 2 aromatic carbocycles. The number of anilines is 1. The maximum absolute atomic E-state index is 12.7. The number of carbonyl (C=O) groups is 1. The van der Waals surface area contributed by atoms with E-state index in [2.05, 4.69) is 9.88 Å². The third kappa shape index (κ3) is 3.87. The average Bonchev–Trinajstić information content (AvgIpc) is 2.80. The molecule has 156 valence electrons. The molecule has 1 aliphatic rings. The zero-order valence-corrected chi connectivity index (χ0v) is 17.4. The van der Waals surface area contributed by atoms with Gasteiger partial charge in [-0.25, -0.2) is 4.98 Å². The van der Waals surface area contributed by atoms with E-state index >= 15 is 0 Å². The van der Waals surface area contributed by atoms with Crippen molar-refractivity contribution < 1.29 is 9.53 Å². The maximum atomic E-state index is 12.7. The second-order valence-corrected chi connectivity index (χ2v) is 7.45. The van der Waals surface area contributed by atoms with Gasteiger partial charge in [0, 0.05) is 46.1 Å². The van der Waals surface area contributed by atoms with Crippen molar-refractivity contribution in [3.63, 3.8) is 0 Å². The van der Waals surface area contributed by atoms with E-state index in [0.29, 0.717) is 25.2 Å². The van der Waals surface area contributed by atoms with Gasteiger partial charge >= 0.3 is 0 Å². The molecule has 2 heterocycles. The molecule has 0 N–H and O–H groups in total. The molecule has 0 unspecified atom stereocenters. The highest BCUT2D eigenvalue weighted by Gasteiger charge is 2.23. The number of ether oxygens (including phenoxy) is 1. The van der Waals surface area contributed by atoms with Crippen molar-refractivity contribution in [2.45, 2.75) is 12.8 Å². The molecule has 0 radical (unpaired) electrons. The molecule has 3 aromatic rings. The minimum atomic E-state index is -0.137. The number of hydrogen-bond donors (Lipinski definition) is 0. The van der Waals surface area contributed by atoms with Crippen molar-refractivity contribution in [1.29, 1.82) is 0 Å². The van der Waals surface area contributed by atoms with E-state index in [4.69, 9.17) is 4.74 Å². The van der Waals surface area contributed by atoms with E-state index in [1.165, 1.54) is 0 Å². The Kier molecular flexibility index (Phi) is 5.70. The minimum absolute atomic E-state index is 0.0617.